The predicted octanol–water partition coefficient (Wildman–Crippen LogP) is 3.84. The third-order valence-corrected chi connectivity index (χ3v) is 5.04. The van der Waals surface area contributed by atoms with E-state index in [1.165, 1.54) is 0 Å². The van der Waals surface area contributed by atoms with Gasteiger partial charge < -0.3 is 9.73 Å². The van der Waals surface area contributed by atoms with E-state index in [-0.39, 0.29) is 24.1 Å². The molecule has 2 aromatic carbocycles. The fourth-order valence-corrected chi connectivity index (χ4v) is 3.56. The summed E-state index contributed by atoms with van der Waals surface area (Å²) in [6.07, 6.45) is -0.588. The summed E-state index contributed by atoms with van der Waals surface area (Å²) in [6.45, 7) is 1.89. The first-order valence-corrected chi connectivity index (χ1v) is 9.96. The van der Waals surface area contributed by atoms with Crippen LogP contribution >= 0.6 is 0 Å². The van der Waals surface area contributed by atoms with Crippen LogP contribution < -0.4 is 5.32 Å². The first kappa shape index (κ1) is 18.9. The molecule has 0 spiro atoms. The normalized spacial score (nSPS) is 15.7. The van der Waals surface area contributed by atoms with Crippen molar-refractivity contribution in [3.63, 3.8) is 0 Å². The average Bonchev–Trinajstić information content (AvgIpc) is 3.21. The zero-order valence-corrected chi connectivity index (χ0v) is 16.8. The first-order chi connectivity index (χ1) is 15.2. The van der Waals surface area contributed by atoms with Gasteiger partial charge in [0, 0.05) is 23.2 Å². The minimum atomic E-state index is -0.846. The summed E-state index contributed by atoms with van der Waals surface area (Å²) in [5.74, 6) is 0.203. The molecule has 31 heavy (non-hydrogen) atoms. The van der Waals surface area contributed by atoms with Crippen molar-refractivity contribution in [2.75, 3.05) is 5.32 Å². The van der Waals surface area contributed by atoms with Crippen molar-refractivity contribution < 1.29 is 9.21 Å². The van der Waals surface area contributed by atoms with E-state index in [0.29, 0.717) is 5.69 Å². The van der Waals surface area contributed by atoms with Crippen LogP contribution in [0.1, 0.15) is 22.4 Å². The Morgan fingerprint density at radius 3 is 2.58 bits per heavy atom. The third kappa shape index (κ3) is 3.85. The van der Waals surface area contributed by atoms with Crippen molar-refractivity contribution in [3.05, 3.63) is 95.2 Å². The van der Waals surface area contributed by atoms with Gasteiger partial charge in [-0.2, -0.15) is 0 Å². The molecule has 5 rings (SSSR count). The number of aromatic nitrogens is 3. The molecule has 0 aliphatic carbocycles. The second kappa shape index (κ2) is 7.95. The van der Waals surface area contributed by atoms with E-state index in [1.54, 1.807) is 6.07 Å². The van der Waals surface area contributed by atoms with Gasteiger partial charge in [-0.3, -0.25) is 9.79 Å². The van der Waals surface area contributed by atoms with Crippen LogP contribution in [-0.2, 0) is 11.2 Å². The number of pyridine rings is 1. The minimum Gasteiger partial charge on any atom is -0.402 e. The summed E-state index contributed by atoms with van der Waals surface area (Å²) in [6, 6.07) is 23.3. The molecule has 0 amide bonds. The number of benzene rings is 2. The monoisotopic (exact) mass is 409 g/mol. The Hall–Kier alpha value is -4.13. The molecule has 0 saturated heterocycles. The number of hydrogen-bond donors (Lipinski definition) is 1. The van der Waals surface area contributed by atoms with Crippen molar-refractivity contribution in [2.24, 2.45) is 4.99 Å². The Balaban J connectivity index is 1.50. The molecule has 0 fully saturated rings. The van der Waals surface area contributed by atoms with E-state index in [4.69, 9.17) is 9.41 Å². The van der Waals surface area contributed by atoms with Gasteiger partial charge in [-0.05, 0) is 24.6 Å². The summed E-state index contributed by atoms with van der Waals surface area (Å²) in [5, 5.41) is 11.1. The highest BCUT2D eigenvalue weighted by Gasteiger charge is 2.27. The van der Waals surface area contributed by atoms with Gasteiger partial charge in [0.25, 0.3) is 5.89 Å². The van der Waals surface area contributed by atoms with Crippen LogP contribution in [0.4, 0.5) is 6.01 Å². The topological polar surface area (TPSA) is 93.3 Å². The van der Waals surface area contributed by atoms with E-state index in [0.717, 1.165) is 28.1 Å². The molecular weight excluding hydrogens is 390 g/mol. The molecule has 1 aliphatic rings. The van der Waals surface area contributed by atoms with E-state index in [1.807, 2.05) is 73.7 Å². The Bertz CT molecular complexity index is 1280. The van der Waals surface area contributed by atoms with Gasteiger partial charge in [-0.15, -0.1) is 5.10 Å². The number of nitrogens with one attached hydrogen (secondary N) is 1. The molecule has 1 aliphatic heterocycles. The minimum absolute atomic E-state index is 0.0770. The van der Waals surface area contributed by atoms with Gasteiger partial charge in [0.15, 0.2) is 11.9 Å². The molecule has 1 atom stereocenters. The molecule has 7 heteroatoms. The maximum Gasteiger partial charge on any atom is 0.317 e. The second-order valence-electron chi connectivity index (χ2n) is 7.27. The molecule has 2 aromatic heterocycles. The number of nitrogens with zero attached hydrogens (tertiary/aromatic N) is 4. The smallest absolute Gasteiger partial charge is 0.317 e. The molecule has 4 aromatic rings. The van der Waals surface area contributed by atoms with Crippen LogP contribution in [0, 0.1) is 6.92 Å². The molecule has 152 valence electrons. The van der Waals surface area contributed by atoms with Gasteiger partial charge in [0.1, 0.15) is 5.69 Å². The molecule has 7 nitrogen and oxygen atoms in total. The van der Waals surface area contributed by atoms with Crippen LogP contribution in [0.3, 0.4) is 0 Å². The lowest BCUT2D eigenvalue weighted by molar-refractivity contribution is -0.119. The highest BCUT2D eigenvalue weighted by molar-refractivity contribution is 6.16. The van der Waals surface area contributed by atoms with Crippen molar-refractivity contribution in [1.82, 2.24) is 15.2 Å². The molecular formula is C24H19N5O2. The number of aliphatic imine (C=N–C) groups is 1. The van der Waals surface area contributed by atoms with Crippen molar-refractivity contribution in [2.45, 2.75) is 19.5 Å². The highest BCUT2D eigenvalue weighted by Crippen LogP contribution is 2.23. The number of aryl methyl sites for hydroxylation is 1. The Labute approximate surface area is 178 Å². The van der Waals surface area contributed by atoms with Crippen molar-refractivity contribution >= 4 is 17.5 Å². The average molecular weight is 409 g/mol. The molecule has 3 heterocycles. The van der Waals surface area contributed by atoms with Crippen LogP contribution in [0.5, 0.6) is 0 Å². The largest absolute Gasteiger partial charge is 0.402 e. The van der Waals surface area contributed by atoms with E-state index in [9.17, 15) is 4.79 Å². The van der Waals surface area contributed by atoms with E-state index >= 15 is 0 Å². The van der Waals surface area contributed by atoms with Crippen molar-refractivity contribution in [3.8, 4) is 11.6 Å². The lowest BCUT2D eigenvalue weighted by Crippen LogP contribution is -2.29. The SMILES string of the molecule is Cc1cccc(-c2nnc(N[C@H]3N=C(c4ccccc4)c4ccccc4CC3=O)o2)n1. The fraction of sp³-hybridized carbons (Fsp3) is 0.125. The first-order valence-electron chi connectivity index (χ1n) is 9.96. The molecule has 0 unspecified atom stereocenters. The zero-order valence-electron chi connectivity index (χ0n) is 16.8. The number of hydrogen-bond acceptors (Lipinski definition) is 7. The number of carbonyl (C=O) groups is 1. The van der Waals surface area contributed by atoms with E-state index in [2.05, 4.69) is 20.5 Å². The number of carbonyl (C=O) groups excluding carboxylic acids is 1. The second-order valence-corrected chi connectivity index (χ2v) is 7.27. The van der Waals surface area contributed by atoms with Gasteiger partial charge >= 0.3 is 6.01 Å². The summed E-state index contributed by atoms with van der Waals surface area (Å²) >= 11 is 0. The Kier molecular flexibility index (Phi) is 4.84. The fourth-order valence-electron chi connectivity index (χ4n) is 3.56. The number of fused-ring (bicyclic) bond motifs is 1. The maximum atomic E-state index is 13.0. The quantitative estimate of drug-likeness (QED) is 0.550. The van der Waals surface area contributed by atoms with Gasteiger partial charge in [-0.25, -0.2) is 4.98 Å². The van der Waals surface area contributed by atoms with Crippen LogP contribution in [0.25, 0.3) is 11.6 Å². The van der Waals surface area contributed by atoms with E-state index < -0.39 is 6.17 Å². The zero-order chi connectivity index (χ0) is 21.2. The summed E-state index contributed by atoms with van der Waals surface area (Å²) in [4.78, 5) is 22.2. The van der Waals surface area contributed by atoms with Gasteiger partial charge in [0.05, 0.1) is 5.71 Å². The Morgan fingerprint density at radius 2 is 1.74 bits per heavy atom. The standard InChI is InChI=1S/C24H19N5O2/c1-15-8-7-13-19(25-15)23-28-29-24(31-23)27-22-20(30)14-17-11-5-6-12-18(17)21(26-22)16-9-3-2-4-10-16/h2-13,22H,14H2,1H3,(H,27,29)/t22-/m1/s1. The third-order valence-electron chi connectivity index (χ3n) is 5.04. The molecule has 0 bridgehead atoms. The summed E-state index contributed by atoms with van der Waals surface area (Å²) in [5.41, 5.74) is 5.00. The molecule has 0 saturated carbocycles. The molecule has 1 N–H and O–H groups in total. The number of Topliss-reactive ketones (excluding diaryl/α,β-unsaturated/α-hetero) is 1. The number of ketones is 1. The van der Waals surface area contributed by atoms with Crippen molar-refractivity contribution in [1.29, 1.82) is 0 Å². The summed E-state index contributed by atoms with van der Waals surface area (Å²) in [7, 11) is 0. The Morgan fingerprint density at radius 1 is 0.935 bits per heavy atom. The lowest BCUT2D eigenvalue weighted by atomic mass is 9.96. The maximum absolute atomic E-state index is 13.0. The predicted molar refractivity (Wildman–Crippen MR) is 117 cm³/mol. The van der Waals surface area contributed by atoms with Gasteiger partial charge in [0.2, 0.25) is 0 Å². The van der Waals surface area contributed by atoms with Crippen LogP contribution in [0.2, 0.25) is 0 Å². The number of anilines is 1. The van der Waals surface area contributed by atoms with Crippen LogP contribution in [-0.4, -0.2) is 32.8 Å². The molecule has 0 radical (unpaired) electrons. The number of rotatable bonds is 4. The van der Waals surface area contributed by atoms with Gasteiger partial charge in [-0.1, -0.05) is 65.8 Å². The lowest BCUT2D eigenvalue weighted by Gasteiger charge is -2.11. The summed E-state index contributed by atoms with van der Waals surface area (Å²) < 4.78 is 5.72. The van der Waals surface area contributed by atoms with Crippen LogP contribution in [0.15, 0.2) is 82.2 Å². The highest BCUT2D eigenvalue weighted by atomic mass is 16.4.